The van der Waals surface area contributed by atoms with Gasteiger partial charge in [-0.2, -0.15) is 0 Å². The highest BCUT2D eigenvalue weighted by Gasteiger charge is 2.13. The van der Waals surface area contributed by atoms with E-state index in [9.17, 15) is 19.2 Å². The quantitative estimate of drug-likeness (QED) is 0.175. The molecule has 232 valence electrons. The molecule has 0 heterocycles. The van der Waals surface area contributed by atoms with E-state index in [1.807, 2.05) is 0 Å². The predicted molar refractivity (Wildman–Crippen MR) is 143 cm³/mol. The third-order valence-corrected chi connectivity index (χ3v) is 4.11. The average Bonchev–Trinajstić information content (AvgIpc) is 2.97. The molecule has 0 spiro atoms. The Labute approximate surface area is 235 Å². The van der Waals surface area contributed by atoms with Crippen LogP contribution in [-0.2, 0) is 0 Å². The Hall–Kier alpha value is -3.96. The van der Waals surface area contributed by atoms with Crippen LogP contribution in [-0.4, -0.2) is 126 Å². The number of hydrogen-bond acceptors (Lipinski definition) is 11. The normalized spacial score (nSPS) is 9.71. The number of aliphatic hydroxyl groups excluding tert-OH is 7. The molecule has 11 N–H and O–H groups in total. The van der Waals surface area contributed by atoms with Crippen molar-refractivity contribution in [3.05, 3.63) is 70.8 Å². The minimum atomic E-state index is -1.13. The van der Waals surface area contributed by atoms with Crippen molar-refractivity contribution in [2.75, 3.05) is 39.6 Å². The Morgan fingerprint density at radius 1 is 0.585 bits per heavy atom. The minimum Gasteiger partial charge on any atom is -0.478 e. The number of carbonyl (C=O) groups is 4. The summed E-state index contributed by atoms with van der Waals surface area (Å²) in [6.07, 6.45) is -0.954. The van der Waals surface area contributed by atoms with Gasteiger partial charge in [0.25, 0.3) is 0 Å². The fourth-order valence-electron chi connectivity index (χ4n) is 1.65. The van der Waals surface area contributed by atoms with Crippen molar-refractivity contribution in [2.24, 2.45) is 5.41 Å². The summed E-state index contributed by atoms with van der Waals surface area (Å²) in [5.41, 5.74) is -0.176. The predicted octanol–water partition coefficient (Wildman–Crippen LogP) is -0.534. The molecule has 0 fully saturated rings. The molecule has 0 amide bonds. The SMILES string of the molecule is CC(C)(CO)CO.O=C(O)c1ccc(C(=O)O)cc1.O=C(O)c1cccc(C(=O)O)c1.OCC(O)CO.OCCO. The highest BCUT2D eigenvalue weighted by atomic mass is 16.4. The number of rotatable bonds is 9. The molecule has 0 saturated heterocycles. The van der Waals surface area contributed by atoms with Crippen molar-refractivity contribution in [2.45, 2.75) is 20.0 Å². The Morgan fingerprint density at radius 2 is 0.878 bits per heavy atom. The maximum Gasteiger partial charge on any atom is 0.335 e. The highest BCUT2D eigenvalue weighted by molar-refractivity contribution is 5.93. The second-order valence-corrected chi connectivity index (χ2v) is 8.33. The van der Waals surface area contributed by atoms with Crippen LogP contribution >= 0.6 is 0 Å². The van der Waals surface area contributed by atoms with Crippen molar-refractivity contribution in [1.82, 2.24) is 0 Å². The van der Waals surface area contributed by atoms with Crippen molar-refractivity contribution in [3.8, 4) is 0 Å². The molecule has 0 bridgehead atoms. The molecule has 0 radical (unpaired) electrons. The maximum absolute atomic E-state index is 10.4. The molecular formula is C26H38O15. The Balaban J connectivity index is -0.000000467. The number of aliphatic hydroxyl groups is 7. The Bertz CT molecular complexity index is 946. The maximum atomic E-state index is 10.4. The van der Waals surface area contributed by atoms with Crippen LogP contribution in [0.5, 0.6) is 0 Å². The summed E-state index contributed by atoms with van der Waals surface area (Å²) < 4.78 is 0. The summed E-state index contributed by atoms with van der Waals surface area (Å²) in [6.45, 7) is 2.71. The molecule has 41 heavy (non-hydrogen) atoms. The van der Waals surface area contributed by atoms with E-state index in [1.165, 1.54) is 42.5 Å². The lowest BCUT2D eigenvalue weighted by atomic mass is 9.97. The summed E-state index contributed by atoms with van der Waals surface area (Å²) >= 11 is 0. The van der Waals surface area contributed by atoms with Gasteiger partial charge in [0.15, 0.2) is 0 Å². The van der Waals surface area contributed by atoms with Gasteiger partial charge in [-0.1, -0.05) is 19.9 Å². The molecule has 15 nitrogen and oxygen atoms in total. The average molecular weight is 591 g/mol. The lowest BCUT2D eigenvalue weighted by Crippen LogP contribution is -2.20. The highest BCUT2D eigenvalue weighted by Crippen LogP contribution is 2.10. The van der Waals surface area contributed by atoms with E-state index in [1.54, 1.807) is 13.8 Å². The smallest absolute Gasteiger partial charge is 0.335 e. The first-order valence-electron chi connectivity index (χ1n) is 11.5. The zero-order valence-corrected chi connectivity index (χ0v) is 22.5. The second kappa shape index (κ2) is 23.9. The van der Waals surface area contributed by atoms with E-state index < -0.39 is 30.0 Å². The second-order valence-electron chi connectivity index (χ2n) is 8.33. The van der Waals surface area contributed by atoms with E-state index in [2.05, 4.69) is 0 Å². The molecule has 0 aromatic heterocycles. The summed E-state index contributed by atoms with van der Waals surface area (Å²) in [7, 11) is 0. The first-order valence-corrected chi connectivity index (χ1v) is 11.5. The molecule has 2 rings (SSSR count). The summed E-state index contributed by atoms with van der Waals surface area (Å²) in [5.74, 6) is -4.38. The van der Waals surface area contributed by atoms with Crippen LogP contribution in [0.1, 0.15) is 55.3 Å². The third-order valence-electron chi connectivity index (χ3n) is 4.11. The number of benzene rings is 2. The van der Waals surface area contributed by atoms with Gasteiger partial charge in [0.05, 0.1) is 61.9 Å². The van der Waals surface area contributed by atoms with Gasteiger partial charge >= 0.3 is 23.9 Å². The van der Waals surface area contributed by atoms with Gasteiger partial charge in [-0.3, -0.25) is 0 Å². The molecule has 0 unspecified atom stereocenters. The van der Waals surface area contributed by atoms with Crippen molar-refractivity contribution >= 4 is 23.9 Å². The van der Waals surface area contributed by atoms with Gasteiger partial charge < -0.3 is 56.2 Å². The summed E-state index contributed by atoms with van der Waals surface area (Å²) in [5, 5.41) is 90.1. The molecule has 0 saturated carbocycles. The van der Waals surface area contributed by atoms with Crippen LogP contribution in [0.4, 0.5) is 0 Å². The van der Waals surface area contributed by atoms with Crippen LogP contribution in [0, 0.1) is 5.41 Å². The van der Waals surface area contributed by atoms with E-state index in [0.29, 0.717) is 0 Å². The van der Waals surface area contributed by atoms with E-state index >= 15 is 0 Å². The first kappa shape index (κ1) is 41.5. The van der Waals surface area contributed by atoms with Crippen molar-refractivity contribution < 1.29 is 75.3 Å². The molecular weight excluding hydrogens is 552 g/mol. The number of hydrogen-bond donors (Lipinski definition) is 11. The lowest BCUT2D eigenvalue weighted by Gasteiger charge is -2.16. The molecule has 0 aliphatic carbocycles. The topological polar surface area (TPSA) is 291 Å². The fourth-order valence-corrected chi connectivity index (χ4v) is 1.65. The number of carboxylic acids is 4. The zero-order valence-electron chi connectivity index (χ0n) is 22.5. The molecule has 15 heteroatoms. The minimum absolute atomic E-state index is 0.0186. The third kappa shape index (κ3) is 22.5. The molecule has 2 aromatic rings. The monoisotopic (exact) mass is 590 g/mol. The van der Waals surface area contributed by atoms with E-state index in [0.717, 1.165) is 6.07 Å². The lowest BCUT2D eigenvalue weighted by molar-refractivity contribution is 0.0450. The Morgan fingerprint density at radius 3 is 1.02 bits per heavy atom. The molecule has 0 aliphatic heterocycles. The summed E-state index contributed by atoms with van der Waals surface area (Å²) in [4.78, 5) is 41.4. The molecule has 0 atom stereocenters. The molecule has 0 aliphatic rings. The van der Waals surface area contributed by atoms with Crippen LogP contribution in [0.2, 0.25) is 0 Å². The van der Waals surface area contributed by atoms with Gasteiger partial charge in [0.1, 0.15) is 6.10 Å². The van der Waals surface area contributed by atoms with Crippen molar-refractivity contribution in [3.63, 3.8) is 0 Å². The van der Waals surface area contributed by atoms with Gasteiger partial charge in [0.2, 0.25) is 0 Å². The van der Waals surface area contributed by atoms with Gasteiger partial charge in [-0.15, -0.1) is 0 Å². The van der Waals surface area contributed by atoms with Gasteiger partial charge in [0, 0.05) is 5.41 Å². The fraction of sp³-hybridized carbons (Fsp3) is 0.385. The zero-order chi connectivity index (χ0) is 32.6. The van der Waals surface area contributed by atoms with E-state index in [4.69, 9.17) is 56.2 Å². The van der Waals surface area contributed by atoms with Gasteiger partial charge in [-0.25, -0.2) is 19.2 Å². The largest absolute Gasteiger partial charge is 0.478 e. The van der Waals surface area contributed by atoms with E-state index in [-0.39, 0.29) is 67.3 Å². The number of carboxylic acid groups (broad SMARTS) is 4. The van der Waals surface area contributed by atoms with Crippen LogP contribution in [0.15, 0.2) is 48.5 Å². The van der Waals surface area contributed by atoms with Crippen LogP contribution < -0.4 is 0 Å². The molecule has 2 aromatic carbocycles. The van der Waals surface area contributed by atoms with Gasteiger partial charge in [-0.05, 0) is 42.5 Å². The summed E-state index contributed by atoms with van der Waals surface area (Å²) in [6, 6.07) is 10.2. The number of aromatic carboxylic acids is 4. The first-order chi connectivity index (χ1) is 19.1. The standard InChI is InChI=1S/2C8H6O4.C5H12O2.C3H8O3.C2H6O2/c9-7(10)5-1-2-6(4-3-5)8(11)12;9-7(10)5-2-1-3-6(4-5)8(11)12;1-5(2,3-6)4-7;4-1-3(6)2-5;3-1-2-4/h2*1-4H,(H,9,10)(H,11,12);6-7H,3-4H2,1-2H3;3-6H,1-2H2;3-4H,1-2H2. The van der Waals surface area contributed by atoms with Crippen LogP contribution in [0.3, 0.4) is 0 Å². The van der Waals surface area contributed by atoms with Crippen LogP contribution in [0.25, 0.3) is 0 Å². The Kier molecular flexibility index (Phi) is 24.2. The van der Waals surface area contributed by atoms with Crippen molar-refractivity contribution in [1.29, 1.82) is 0 Å².